The summed E-state index contributed by atoms with van der Waals surface area (Å²) in [6, 6.07) is 4.63. The molecule has 2 heterocycles. The van der Waals surface area contributed by atoms with Crippen LogP contribution in [0.5, 0.6) is 0 Å². The number of aryl methyl sites for hydroxylation is 2. The molecule has 0 bridgehead atoms. The molecule has 23 heavy (non-hydrogen) atoms. The van der Waals surface area contributed by atoms with Crippen LogP contribution in [0.4, 0.5) is 0 Å². The predicted octanol–water partition coefficient (Wildman–Crippen LogP) is 4.24. The van der Waals surface area contributed by atoms with E-state index in [0.717, 1.165) is 30.5 Å². The fourth-order valence-electron chi connectivity index (χ4n) is 3.44. The minimum Gasteiger partial charge on any atom is -0.329 e. The number of hydrogen-bond acceptors (Lipinski definition) is 3. The molecule has 0 saturated heterocycles. The Bertz CT molecular complexity index is 682. The van der Waals surface area contributed by atoms with E-state index in [-0.39, 0.29) is 5.91 Å². The van der Waals surface area contributed by atoms with E-state index in [1.165, 1.54) is 22.6 Å². The van der Waals surface area contributed by atoms with Gasteiger partial charge in [-0.2, -0.15) is 5.10 Å². The van der Waals surface area contributed by atoms with Crippen LogP contribution in [0.15, 0.2) is 12.1 Å². The van der Waals surface area contributed by atoms with E-state index >= 15 is 0 Å². The zero-order valence-electron chi connectivity index (χ0n) is 14.2. The highest BCUT2D eigenvalue weighted by molar-refractivity contribution is 7.11. The Hall–Kier alpha value is -1.62. The van der Waals surface area contributed by atoms with Crippen molar-refractivity contribution in [2.75, 3.05) is 0 Å². The Morgan fingerprint density at radius 2 is 2.09 bits per heavy atom. The molecule has 124 valence electrons. The molecule has 0 spiro atoms. The van der Waals surface area contributed by atoms with Gasteiger partial charge in [0.05, 0.1) is 6.54 Å². The largest absolute Gasteiger partial charge is 0.329 e. The van der Waals surface area contributed by atoms with Gasteiger partial charge in [-0.05, 0) is 45.2 Å². The SMILES string of the molecule is CCc1[nH]nc(C(=O)N(Cc2ccc(C)s2)C2CCCC2)c1C. The molecule has 0 aromatic carbocycles. The minimum atomic E-state index is 0.0800. The van der Waals surface area contributed by atoms with E-state index in [2.05, 4.69) is 41.1 Å². The minimum absolute atomic E-state index is 0.0800. The van der Waals surface area contributed by atoms with E-state index in [1.807, 2.05) is 6.92 Å². The number of hydrogen-bond donors (Lipinski definition) is 1. The Morgan fingerprint density at radius 3 is 2.65 bits per heavy atom. The normalized spacial score (nSPS) is 15.3. The zero-order valence-corrected chi connectivity index (χ0v) is 15.0. The van der Waals surface area contributed by atoms with Crippen molar-refractivity contribution in [2.24, 2.45) is 0 Å². The Balaban J connectivity index is 1.87. The number of H-pyrrole nitrogens is 1. The Kier molecular flexibility index (Phi) is 4.85. The number of carbonyl (C=O) groups is 1. The van der Waals surface area contributed by atoms with Crippen molar-refractivity contribution in [3.63, 3.8) is 0 Å². The van der Waals surface area contributed by atoms with Gasteiger partial charge in [0.1, 0.15) is 0 Å². The molecule has 1 saturated carbocycles. The number of thiophene rings is 1. The van der Waals surface area contributed by atoms with Crippen LogP contribution in [0, 0.1) is 13.8 Å². The number of nitrogens with one attached hydrogen (secondary N) is 1. The molecule has 2 aromatic heterocycles. The standard InChI is InChI=1S/C18H25N3OS/c1-4-16-13(3)17(20-19-16)18(22)21(14-7-5-6-8-14)11-15-10-9-12(2)23-15/h9-10,14H,4-8,11H2,1-3H3,(H,19,20). The Labute approximate surface area is 141 Å². The molecule has 0 atom stereocenters. The van der Waals surface area contributed by atoms with Crippen LogP contribution < -0.4 is 0 Å². The molecule has 2 aromatic rings. The maximum atomic E-state index is 13.1. The molecule has 0 unspecified atom stereocenters. The highest BCUT2D eigenvalue weighted by Gasteiger charge is 2.30. The van der Waals surface area contributed by atoms with Gasteiger partial charge in [0, 0.05) is 27.1 Å². The first kappa shape index (κ1) is 16.2. The summed E-state index contributed by atoms with van der Waals surface area (Å²) in [6.45, 7) is 6.90. The second-order valence-electron chi connectivity index (χ2n) is 6.41. The maximum absolute atomic E-state index is 13.1. The molecule has 1 aliphatic carbocycles. The van der Waals surface area contributed by atoms with Crippen molar-refractivity contribution in [2.45, 2.75) is 65.5 Å². The summed E-state index contributed by atoms with van der Waals surface area (Å²) >= 11 is 1.78. The third-order valence-corrected chi connectivity index (χ3v) is 5.80. The van der Waals surface area contributed by atoms with Gasteiger partial charge in [0.2, 0.25) is 0 Å². The molecule has 1 N–H and O–H groups in total. The molecule has 0 radical (unpaired) electrons. The first-order valence-electron chi connectivity index (χ1n) is 8.50. The van der Waals surface area contributed by atoms with Crippen molar-refractivity contribution in [3.8, 4) is 0 Å². The van der Waals surface area contributed by atoms with Crippen LogP contribution in [0.25, 0.3) is 0 Å². The quantitative estimate of drug-likeness (QED) is 0.891. The summed E-state index contributed by atoms with van der Waals surface area (Å²) in [5.74, 6) is 0.0800. The van der Waals surface area contributed by atoms with Crippen LogP contribution in [0.1, 0.15) is 64.1 Å². The molecule has 1 amide bonds. The maximum Gasteiger partial charge on any atom is 0.275 e. The lowest BCUT2D eigenvalue weighted by molar-refractivity contribution is 0.0660. The monoisotopic (exact) mass is 331 g/mol. The van der Waals surface area contributed by atoms with E-state index in [0.29, 0.717) is 18.3 Å². The van der Waals surface area contributed by atoms with Gasteiger partial charge in [-0.25, -0.2) is 0 Å². The second-order valence-corrected chi connectivity index (χ2v) is 7.79. The van der Waals surface area contributed by atoms with Gasteiger partial charge < -0.3 is 4.90 Å². The molecule has 3 rings (SSSR count). The molecule has 0 aliphatic heterocycles. The van der Waals surface area contributed by atoms with Gasteiger partial charge >= 0.3 is 0 Å². The summed E-state index contributed by atoms with van der Waals surface area (Å²) in [4.78, 5) is 17.7. The second kappa shape index (κ2) is 6.87. The number of aromatic nitrogens is 2. The summed E-state index contributed by atoms with van der Waals surface area (Å²) < 4.78 is 0. The molecule has 4 nitrogen and oxygen atoms in total. The third kappa shape index (κ3) is 3.34. The van der Waals surface area contributed by atoms with Crippen molar-refractivity contribution >= 4 is 17.2 Å². The number of nitrogens with zero attached hydrogens (tertiary/aromatic N) is 2. The molecule has 5 heteroatoms. The number of carbonyl (C=O) groups excluding carboxylic acids is 1. The van der Waals surface area contributed by atoms with Crippen LogP contribution >= 0.6 is 11.3 Å². The van der Waals surface area contributed by atoms with Crippen LogP contribution in [0.2, 0.25) is 0 Å². The average molecular weight is 331 g/mol. The number of rotatable bonds is 5. The van der Waals surface area contributed by atoms with E-state index in [4.69, 9.17) is 0 Å². The molecule has 1 fully saturated rings. The fourth-order valence-corrected chi connectivity index (χ4v) is 4.33. The smallest absolute Gasteiger partial charge is 0.275 e. The van der Waals surface area contributed by atoms with Gasteiger partial charge in [0.25, 0.3) is 5.91 Å². The van der Waals surface area contributed by atoms with E-state index in [1.54, 1.807) is 11.3 Å². The van der Waals surface area contributed by atoms with Gasteiger partial charge in [-0.15, -0.1) is 11.3 Å². The zero-order chi connectivity index (χ0) is 16.4. The molecular weight excluding hydrogens is 306 g/mol. The van der Waals surface area contributed by atoms with Crippen molar-refractivity contribution in [3.05, 3.63) is 38.8 Å². The summed E-state index contributed by atoms with van der Waals surface area (Å²) in [7, 11) is 0. The lowest BCUT2D eigenvalue weighted by Crippen LogP contribution is -2.38. The van der Waals surface area contributed by atoms with E-state index < -0.39 is 0 Å². The third-order valence-electron chi connectivity index (χ3n) is 4.82. The first-order chi connectivity index (χ1) is 11.1. The number of amides is 1. The highest BCUT2D eigenvalue weighted by Crippen LogP contribution is 2.28. The van der Waals surface area contributed by atoms with Gasteiger partial charge in [-0.3, -0.25) is 9.89 Å². The summed E-state index contributed by atoms with van der Waals surface area (Å²) in [5.41, 5.74) is 2.66. The molecular formula is C18H25N3OS. The summed E-state index contributed by atoms with van der Waals surface area (Å²) in [5, 5.41) is 7.34. The fraction of sp³-hybridized carbons (Fsp3) is 0.556. The highest BCUT2D eigenvalue weighted by atomic mass is 32.1. The van der Waals surface area contributed by atoms with Gasteiger partial charge in [0.15, 0.2) is 5.69 Å². The average Bonchev–Trinajstić information content (AvgIpc) is 3.25. The van der Waals surface area contributed by atoms with Crippen molar-refractivity contribution < 1.29 is 4.79 Å². The van der Waals surface area contributed by atoms with Crippen LogP contribution in [-0.4, -0.2) is 27.0 Å². The van der Waals surface area contributed by atoms with Crippen molar-refractivity contribution in [1.29, 1.82) is 0 Å². The van der Waals surface area contributed by atoms with E-state index in [9.17, 15) is 4.79 Å². The van der Waals surface area contributed by atoms with Gasteiger partial charge in [-0.1, -0.05) is 19.8 Å². The molecule has 1 aliphatic rings. The lowest BCUT2D eigenvalue weighted by Gasteiger charge is -2.28. The van der Waals surface area contributed by atoms with Crippen LogP contribution in [-0.2, 0) is 13.0 Å². The Morgan fingerprint density at radius 1 is 1.35 bits per heavy atom. The van der Waals surface area contributed by atoms with Crippen molar-refractivity contribution in [1.82, 2.24) is 15.1 Å². The predicted molar refractivity (Wildman–Crippen MR) is 93.9 cm³/mol. The lowest BCUT2D eigenvalue weighted by atomic mass is 10.1. The first-order valence-corrected chi connectivity index (χ1v) is 9.32. The topological polar surface area (TPSA) is 49.0 Å². The number of aromatic amines is 1. The van der Waals surface area contributed by atoms with Crippen LogP contribution in [0.3, 0.4) is 0 Å². The summed E-state index contributed by atoms with van der Waals surface area (Å²) in [6.07, 6.45) is 5.54.